The smallest absolute Gasteiger partial charge is 0.271 e. The van der Waals surface area contributed by atoms with E-state index in [2.05, 4.69) is 21.2 Å². The molecule has 0 radical (unpaired) electrons. The summed E-state index contributed by atoms with van der Waals surface area (Å²) in [5.74, 6) is 0.498. The molecule has 0 aromatic heterocycles. The van der Waals surface area contributed by atoms with Crippen LogP contribution in [0.5, 0.6) is 11.5 Å². The van der Waals surface area contributed by atoms with Crippen molar-refractivity contribution in [2.45, 2.75) is 0 Å². The van der Waals surface area contributed by atoms with Crippen molar-refractivity contribution in [3.8, 4) is 11.5 Å². The van der Waals surface area contributed by atoms with Crippen LogP contribution in [0, 0.1) is 10.1 Å². The van der Waals surface area contributed by atoms with Crippen LogP contribution in [0.15, 0.2) is 40.9 Å². The number of nitrogens with one attached hydrogen (secondary N) is 1. The van der Waals surface area contributed by atoms with Gasteiger partial charge in [0.1, 0.15) is 11.5 Å². The number of benzene rings is 2. The molecule has 8 heteroatoms. The summed E-state index contributed by atoms with van der Waals surface area (Å²) in [7, 11) is 2.94. The number of methoxy groups -OCH3 is 2. The molecule has 2 aromatic carbocycles. The number of hydrogen-bond acceptors (Lipinski definition) is 5. The number of ether oxygens (including phenoxy) is 2. The lowest BCUT2D eigenvalue weighted by Gasteiger charge is -2.11. The molecule has 0 aliphatic heterocycles. The minimum absolute atomic E-state index is 0.142. The van der Waals surface area contributed by atoms with Crippen molar-refractivity contribution in [1.29, 1.82) is 0 Å². The number of carbonyl (C=O) groups is 1. The quantitative estimate of drug-likeness (QED) is 0.631. The molecule has 0 saturated heterocycles. The summed E-state index contributed by atoms with van der Waals surface area (Å²) in [6, 6.07) is 8.80. The van der Waals surface area contributed by atoms with Crippen LogP contribution >= 0.6 is 15.9 Å². The monoisotopic (exact) mass is 380 g/mol. The van der Waals surface area contributed by atoms with E-state index >= 15 is 0 Å². The van der Waals surface area contributed by atoms with E-state index in [1.807, 2.05) is 0 Å². The molecule has 0 bridgehead atoms. The highest BCUT2D eigenvalue weighted by molar-refractivity contribution is 9.10. The Bertz CT molecular complexity index is 764. The van der Waals surface area contributed by atoms with Gasteiger partial charge in [0.25, 0.3) is 11.6 Å². The van der Waals surface area contributed by atoms with E-state index in [-0.39, 0.29) is 11.4 Å². The average Bonchev–Trinajstić information content (AvgIpc) is 2.54. The average molecular weight is 381 g/mol. The minimum Gasteiger partial charge on any atom is -0.496 e. The van der Waals surface area contributed by atoms with E-state index in [1.165, 1.54) is 32.4 Å². The molecule has 0 saturated carbocycles. The lowest BCUT2D eigenvalue weighted by molar-refractivity contribution is -0.384. The van der Waals surface area contributed by atoms with Crippen LogP contribution in [0.2, 0.25) is 0 Å². The third kappa shape index (κ3) is 3.78. The second-order valence-corrected chi connectivity index (χ2v) is 5.30. The maximum Gasteiger partial charge on any atom is 0.271 e. The van der Waals surface area contributed by atoms with E-state index in [0.29, 0.717) is 21.5 Å². The molecular weight excluding hydrogens is 368 g/mol. The first-order chi connectivity index (χ1) is 11.0. The van der Waals surface area contributed by atoms with E-state index in [9.17, 15) is 14.9 Å². The van der Waals surface area contributed by atoms with Gasteiger partial charge in [-0.1, -0.05) is 0 Å². The van der Waals surface area contributed by atoms with Gasteiger partial charge < -0.3 is 14.8 Å². The Hall–Kier alpha value is -2.61. The van der Waals surface area contributed by atoms with Crippen LogP contribution in [0.3, 0.4) is 0 Å². The van der Waals surface area contributed by atoms with Crippen molar-refractivity contribution in [1.82, 2.24) is 0 Å². The van der Waals surface area contributed by atoms with E-state index < -0.39 is 10.8 Å². The Labute approximate surface area is 140 Å². The predicted octanol–water partition coefficient (Wildman–Crippen LogP) is 3.63. The molecule has 120 valence electrons. The van der Waals surface area contributed by atoms with E-state index in [0.717, 1.165) is 0 Å². The highest BCUT2D eigenvalue weighted by Crippen LogP contribution is 2.30. The molecule has 23 heavy (non-hydrogen) atoms. The van der Waals surface area contributed by atoms with Gasteiger partial charge in [0.05, 0.1) is 29.3 Å². The molecule has 0 spiro atoms. The number of nitrogens with zero attached hydrogens (tertiary/aromatic N) is 1. The zero-order chi connectivity index (χ0) is 17.0. The minimum atomic E-state index is -0.543. The van der Waals surface area contributed by atoms with Crippen molar-refractivity contribution in [2.24, 2.45) is 0 Å². The normalized spacial score (nSPS) is 10.0. The zero-order valence-electron chi connectivity index (χ0n) is 12.3. The molecule has 0 unspecified atom stereocenters. The largest absolute Gasteiger partial charge is 0.496 e. The zero-order valence-corrected chi connectivity index (χ0v) is 13.9. The van der Waals surface area contributed by atoms with Gasteiger partial charge in [0.2, 0.25) is 0 Å². The molecule has 0 atom stereocenters. The van der Waals surface area contributed by atoms with Crippen molar-refractivity contribution in [3.05, 3.63) is 56.5 Å². The first-order valence-corrected chi connectivity index (χ1v) is 7.23. The number of hydrogen-bond donors (Lipinski definition) is 1. The lowest BCUT2D eigenvalue weighted by Crippen LogP contribution is -2.13. The molecule has 1 amide bonds. The summed E-state index contributed by atoms with van der Waals surface area (Å²) in [5.41, 5.74) is 0.446. The third-order valence-corrected chi connectivity index (χ3v) is 3.68. The van der Waals surface area contributed by atoms with Crippen LogP contribution in [0.25, 0.3) is 0 Å². The fourth-order valence-electron chi connectivity index (χ4n) is 1.91. The summed E-state index contributed by atoms with van der Waals surface area (Å²) >= 11 is 3.30. The third-order valence-electron chi connectivity index (χ3n) is 3.06. The van der Waals surface area contributed by atoms with Crippen LogP contribution in [-0.4, -0.2) is 25.1 Å². The first kappa shape index (κ1) is 16.8. The molecule has 0 fully saturated rings. The predicted molar refractivity (Wildman–Crippen MR) is 88.3 cm³/mol. The molecule has 7 nitrogen and oxygen atoms in total. The molecular formula is C15H13BrN2O5. The van der Waals surface area contributed by atoms with Crippen molar-refractivity contribution in [2.75, 3.05) is 19.5 Å². The summed E-state index contributed by atoms with van der Waals surface area (Å²) in [6.07, 6.45) is 0. The highest BCUT2D eigenvalue weighted by Gasteiger charge is 2.15. The van der Waals surface area contributed by atoms with Gasteiger partial charge in [-0.3, -0.25) is 14.9 Å². The summed E-state index contributed by atoms with van der Waals surface area (Å²) in [6.45, 7) is 0. The molecule has 0 aliphatic rings. The number of anilines is 1. The molecule has 1 N–H and O–H groups in total. The molecule has 0 heterocycles. The fraction of sp³-hybridized carbons (Fsp3) is 0.133. The Morgan fingerprint density at radius 3 is 2.35 bits per heavy atom. The van der Waals surface area contributed by atoms with Crippen LogP contribution in [0.4, 0.5) is 11.4 Å². The standard InChI is InChI=1S/C15H13BrN2O5/c1-22-13-5-3-9(7-11(13)16)15(19)17-12-8-10(18(20)21)4-6-14(12)23-2/h3-8H,1-2H3,(H,17,19). The summed E-state index contributed by atoms with van der Waals surface area (Å²) in [5, 5.41) is 13.5. The number of carbonyl (C=O) groups excluding carboxylic acids is 1. The van der Waals surface area contributed by atoms with Gasteiger partial charge in [0.15, 0.2) is 0 Å². The second kappa shape index (κ2) is 7.10. The maximum atomic E-state index is 12.3. The topological polar surface area (TPSA) is 90.7 Å². The SMILES string of the molecule is COc1ccc(C(=O)Nc2cc([N+](=O)[O-])ccc2OC)cc1Br. The molecule has 2 aromatic rings. The number of nitro groups is 1. The van der Waals surface area contributed by atoms with Gasteiger partial charge in [-0.05, 0) is 40.2 Å². The van der Waals surface area contributed by atoms with Crippen LogP contribution < -0.4 is 14.8 Å². The van der Waals surface area contributed by atoms with Crippen LogP contribution in [0.1, 0.15) is 10.4 Å². The lowest BCUT2D eigenvalue weighted by atomic mass is 10.2. The van der Waals surface area contributed by atoms with Crippen molar-refractivity contribution >= 4 is 33.2 Å². The van der Waals surface area contributed by atoms with Crippen LogP contribution in [-0.2, 0) is 0 Å². The second-order valence-electron chi connectivity index (χ2n) is 4.45. The molecule has 0 aliphatic carbocycles. The van der Waals surface area contributed by atoms with Crippen molar-refractivity contribution in [3.63, 3.8) is 0 Å². The van der Waals surface area contributed by atoms with Gasteiger partial charge in [0, 0.05) is 17.7 Å². The van der Waals surface area contributed by atoms with E-state index in [1.54, 1.807) is 18.2 Å². The van der Waals surface area contributed by atoms with Gasteiger partial charge in [-0.25, -0.2) is 0 Å². The van der Waals surface area contributed by atoms with Crippen molar-refractivity contribution < 1.29 is 19.2 Å². The fourth-order valence-corrected chi connectivity index (χ4v) is 2.45. The Kier molecular flexibility index (Phi) is 5.17. The Morgan fingerprint density at radius 2 is 1.78 bits per heavy atom. The number of nitro benzene ring substituents is 1. The highest BCUT2D eigenvalue weighted by atomic mass is 79.9. The molecule has 2 rings (SSSR count). The number of halogens is 1. The van der Waals surface area contributed by atoms with Gasteiger partial charge >= 0.3 is 0 Å². The Morgan fingerprint density at radius 1 is 1.13 bits per heavy atom. The van der Waals surface area contributed by atoms with E-state index in [4.69, 9.17) is 9.47 Å². The first-order valence-electron chi connectivity index (χ1n) is 6.43. The number of non-ortho nitro benzene ring substituents is 1. The Balaban J connectivity index is 2.30. The maximum absolute atomic E-state index is 12.3. The number of amides is 1. The van der Waals surface area contributed by atoms with Gasteiger partial charge in [-0.15, -0.1) is 0 Å². The van der Waals surface area contributed by atoms with Gasteiger partial charge in [-0.2, -0.15) is 0 Å². The summed E-state index contributed by atoms with van der Waals surface area (Å²) < 4.78 is 10.8. The summed E-state index contributed by atoms with van der Waals surface area (Å²) in [4.78, 5) is 22.6. The number of rotatable bonds is 5.